The highest BCUT2D eigenvalue weighted by molar-refractivity contribution is 7.87. The van der Waals surface area contributed by atoms with E-state index in [1.165, 1.54) is 26.4 Å². The van der Waals surface area contributed by atoms with Gasteiger partial charge in [-0.1, -0.05) is 12.1 Å². The van der Waals surface area contributed by atoms with E-state index in [0.717, 1.165) is 12.1 Å². The molecule has 35 heavy (non-hydrogen) atoms. The maximum atomic E-state index is 13.0. The minimum atomic E-state index is -4.44. The number of halogens is 3. The van der Waals surface area contributed by atoms with Gasteiger partial charge in [0.25, 0.3) is 10.2 Å². The van der Waals surface area contributed by atoms with Gasteiger partial charge in [0, 0.05) is 36.7 Å². The normalized spacial score (nSPS) is 14.7. The molecular formula is C22H24F3N5O4S. The summed E-state index contributed by atoms with van der Waals surface area (Å²) in [6.45, 7) is 1.45. The molecule has 1 saturated heterocycles. The Morgan fingerprint density at radius 1 is 1.09 bits per heavy atom. The Morgan fingerprint density at radius 3 is 2.29 bits per heavy atom. The van der Waals surface area contributed by atoms with Crippen molar-refractivity contribution in [2.24, 2.45) is 11.1 Å². The summed E-state index contributed by atoms with van der Waals surface area (Å²) in [6.07, 6.45) is -3.85. The van der Waals surface area contributed by atoms with Gasteiger partial charge in [-0.2, -0.15) is 21.6 Å². The molecule has 9 nitrogen and oxygen atoms in total. The summed E-state index contributed by atoms with van der Waals surface area (Å²) in [6, 6.07) is 8.12. The van der Waals surface area contributed by atoms with E-state index in [1.54, 1.807) is 12.1 Å². The van der Waals surface area contributed by atoms with Gasteiger partial charge < -0.3 is 14.4 Å². The van der Waals surface area contributed by atoms with Crippen molar-refractivity contribution in [3.05, 3.63) is 42.0 Å². The Labute approximate surface area is 200 Å². The number of anilines is 1. The number of ether oxygens (including phenoxy) is 2. The maximum Gasteiger partial charge on any atom is 0.416 e. The Bertz CT molecular complexity index is 1330. The molecule has 13 heteroatoms. The highest BCUT2D eigenvalue weighted by Crippen LogP contribution is 2.39. The molecule has 0 aliphatic carbocycles. The molecule has 0 radical (unpaired) electrons. The van der Waals surface area contributed by atoms with Crippen LogP contribution in [0.15, 0.2) is 36.4 Å². The second-order valence-corrected chi connectivity index (χ2v) is 9.55. The molecule has 2 heterocycles. The third kappa shape index (κ3) is 5.57. The average Bonchev–Trinajstić information content (AvgIpc) is 2.77. The van der Waals surface area contributed by atoms with Gasteiger partial charge in [0.2, 0.25) is 0 Å². The molecule has 1 aromatic heterocycles. The second kappa shape index (κ2) is 9.47. The lowest BCUT2D eigenvalue weighted by atomic mass is 9.96. The van der Waals surface area contributed by atoms with Crippen molar-refractivity contribution < 1.29 is 31.1 Å². The van der Waals surface area contributed by atoms with Crippen molar-refractivity contribution in [1.82, 2.24) is 14.7 Å². The number of aromatic nitrogens is 2. The van der Waals surface area contributed by atoms with Crippen LogP contribution in [0.25, 0.3) is 22.3 Å². The van der Waals surface area contributed by atoms with Gasteiger partial charge in [-0.15, -0.1) is 0 Å². The zero-order chi connectivity index (χ0) is 25.4. The first kappa shape index (κ1) is 24.9. The minimum Gasteiger partial charge on any atom is -0.493 e. The van der Waals surface area contributed by atoms with Gasteiger partial charge in [0.15, 0.2) is 17.3 Å². The summed E-state index contributed by atoms with van der Waals surface area (Å²) in [7, 11) is -0.731. The van der Waals surface area contributed by atoms with Crippen molar-refractivity contribution in [2.75, 3.05) is 38.8 Å². The zero-order valence-corrected chi connectivity index (χ0v) is 19.8. The molecule has 1 aliphatic rings. The highest BCUT2D eigenvalue weighted by Gasteiger charge is 2.31. The van der Waals surface area contributed by atoms with Crippen LogP contribution >= 0.6 is 0 Å². The van der Waals surface area contributed by atoms with Crippen molar-refractivity contribution in [3.63, 3.8) is 0 Å². The molecule has 3 N–H and O–H groups in total. The van der Waals surface area contributed by atoms with Crippen LogP contribution in [0.1, 0.15) is 12.0 Å². The van der Waals surface area contributed by atoms with E-state index >= 15 is 0 Å². The minimum absolute atomic E-state index is 0.212. The highest BCUT2D eigenvalue weighted by atomic mass is 32.2. The molecule has 1 aliphatic heterocycles. The second-order valence-electron chi connectivity index (χ2n) is 8.17. The van der Waals surface area contributed by atoms with Gasteiger partial charge in [-0.25, -0.2) is 19.8 Å². The number of methoxy groups -OCH3 is 2. The number of benzene rings is 2. The first-order valence-corrected chi connectivity index (χ1v) is 12.2. The quantitative estimate of drug-likeness (QED) is 0.477. The van der Waals surface area contributed by atoms with Crippen LogP contribution in [0.2, 0.25) is 0 Å². The predicted molar refractivity (Wildman–Crippen MR) is 125 cm³/mol. The molecule has 1 fully saturated rings. The van der Waals surface area contributed by atoms with Crippen LogP contribution in [-0.2, 0) is 16.4 Å². The number of hydrogen-bond donors (Lipinski definition) is 2. The van der Waals surface area contributed by atoms with Crippen LogP contribution in [-0.4, -0.2) is 52.2 Å². The number of nitrogens with one attached hydrogen (secondary N) is 1. The van der Waals surface area contributed by atoms with E-state index in [0.29, 0.717) is 53.3 Å². The first-order valence-electron chi connectivity index (χ1n) is 10.6. The fourth-order valence-corrected chi connectivity index (χ4v) is 4.35. The lowest BCUT2D eigenvalue weighted by Gasteiger charge is -2.41. The number of hydrogen-bond acceptors (Lipinski definition) is 7. The molecule has 0 unspecified atom stereocenters. The summed E-state index contributed by atoms with van der Waals surface area (Å²) < 4.78 is 74.2. The smallest absolute Gasteiger partial charge is 0.416 e. The molecule has 0 spiro atoms. The third-order valence-corrected chi connectivity index (χ3v) is 6.37. The fraction of sp³-hybridized carbons (Fsp3) is 0.364. The number of nitrogens with two attached hydrogens (primary N) is 1. The van der Waals surface area contributed by atoms with E-state index in [9.17, 15) is 21.6 Å². The standard InChI is InChI=1S/C22H24F3N5O4S/c1-33-18-9-16-17(10-19(18)34-2)28-20(14-3-5-15(6-4-14)22(23,24)25)29-21(16)30-11-13(12-30)7-8-27-35(26,31)32/h3-6,9-10,13,27H,7-8,11-12H2,1-2H3,(H2,26,31,32). The fourth-order valence-electron chi connectivity index (χ4n) is 3.95. The number of alkyl halides is 3. The van der Waals surface area contributed by atoms with Crippen molar-refractivity contribution in [2.45, 2.75) is 12.6 Å². The monoisotopic (exact) mass is 511 g/mol. The van der Waals surface area contributed by atoms with Crippen LogP contribution < -0.4 is 24.2 Å². The van der Waals surface area contributed by atoms with Gasteiger partial charge in [-0.05, 0) is 30.5 Å². The van der Waals surface area contributed by atoms with Crippen molar-refractivity contribution in [3.8, 4) is 22.9 Å². The third-order valence-electron chi connectivity index (χ3n) is 5.76. The van der Waals surface area contributed by atoms with Crippen molar-refractivity contribution >= 4 is 26.9 Å². The molecule has 4 rings (SSSR count). The Balaban J connectivity index is 1.68. The maximum absolute atomic E-state index is 13.0. The SMILES string of the molecule is COc1cc2nc(-c3ccc(C(F)(F)F)cc3)nc(N3CC(CCNS(N)(=O)=O)C3)c2cc1OC. The summed E-state index contributed by atoms with van der Waals surface area (Å²) >= 11 is 0. The lowest BCUT2D eigenvalue weighted by Crippen LogP contribution is -2.48. The van der Waals surface area contributed by atoms with Crippen molar-refractivity contribution in [1.29, 1.82) is 0 Å². The van der Waals surface area contributed by atoms with Crippen LogP contribution in [0.3, 0.4) is 0 Å². The van der Waals surface area contributed by atoms with Gasteiger partial charge in [0.05, 0.1) is 25.3 Å². The van der Waals surface area contributed by atoms with Crippen LogP contribution in [0.4, 0.5) is 19.0 Å². The van der Waals surface area contributed by atoms with E-state index in [2.05, 4.69) is 14.7 Å². The van der Waals surface area contributed by atoms with E-state index < -0.39 is 21.9 Å². The first-order chi connectivity index (χ1) is 16.5. The molecule has 188 valence electrons. The predicted octanol–water partition coefficient (Wildman–Crippen LogP) is 2.95. The van der Waals surface area contributed by atoms with E-state index in [1.807, 2.05) is 4.90 Å². The molecule has 0 bridgehead atoms. The number of rotatable bonds is 8. The largest absolute Gasteiger partial charge is 0.493 e. The van der Waals surface area contributed by atoms with E-state index in [4.69, 9.17) is 14.6 Å². The summed E-state index contributed by atoms with van der Waals surface area (Å²) in [4.78, 5) is 11.3. The molecule has 0 amide bonds. The molecule has 0 atom stereocenters. The average molecular weight is 512 g/mol. The molecule has 2 aromatic carbocycles. The zero-order valence-electron chi connectivity index (χ0n) is 19.0. The van der Waals surface area contributed by atoms with Crippen LogP contribution in [0, 0.1) is 5.92 Å². The van der Waals surface area contributed by atoms with Crippen LogP contribution in [0.5, 0.6) is 11.5 Å². The summed E-state index contributed by atoms with van der Waals surface area (Å²) in [5, 5.41) is 5.66. The number of nitrogens with zero attached hydrogens (tertiary/aromatic N) is 3. The van der Waals surface area contributed by atoms with Gasteiger partial charge >= 0.3 is 6.18 Å². The van der Waals surface area contributed by atoms with Gasteiger partial charge in [0.1, 0.15) is 5.82 Å². The number of fused-ring (bicyclic) bond motifs is 1. The van der Waals surface area contributed by atoms with E-state index in [-0.39, 0.29) is 18.3 Å². The summed E-state index contributed by atoms with van der Waals surface area (Å²) in [5.74, 6) is 2.03. The Kier molecular flexibility index (Phi) is 6.75. The summed E-state index contributed by atoms with van der Waals surface area (Å²) in [5.41, 5.74) is 0.222. The molecular weight excluding hydrogens is 487 g/mol. The lowest BCUT2D eigenvalue weighted by molar-refractivity contribution is -0.137. The topological polar surface area (TPSA) is 120 Å². The Hall–Kier alpha value is -3.16. The Morgan fingerprint density at radius 2 is 1.71 bits per heavy atom. The molecule has 3 aromatic rings. The molecule has 0 saturated carbocycles. The van der Waals surface area contributed by atoms with Gasteiger partial charge in [-0.3, -0.25) is 0 Å².